The minimum absolute atomic E-state index is 0.0988. The summed E-state index contributed by atoms with van der Waals surface area (Å²) in [6.45, 7) is 3.96. The Balaban J connectivity index is 1.51. The van der Waals surface area contributed by atoms with Crippen LogP contribution in [0.3, 0.4) is 0 Å². The van der Waals surface area contributed by atoms with Crippen LogP contribution >= 0.6 is 11.8 Å². The van der Waals surface area contributed by atoms with Gasteiger partial charge in [0.15, 0.2) is 5.16 Å². The molecule has 1 amide bonds. The van der Waals surface area contributed by atoms with Crippen molar-refractivity contribution in [1.29, 1.82) is 0 Å². The van der Waals surface area contributed by atoms with Crippen LogP contribution < -0.4 is 5.32 Å². The Labute approximate surface area is 185 Å². The highest BCUT2D eigenvalue weighted by atomic mass is 32.2. The van der Waals surface area contributed by atoms with Crippen LogP contribution in [-0.2, 0) is 11.8 Å². The van der Waals surface area contributed by atoms with Crippen molar-refractivity contribution in [2.45, 2.75) is 25.0 Å². The lowest BCUT2D eigenvalue weighted by Crippen LogP contribution is -2.32. The SMILES string of the molecule is Cc1cccc(-n2c(C)nnc2SCC(=O)NC(c2ccccc2)c2nccn2C)c1. The summed E-state index contributed by atoms with van der Waals surface area (Å²) in [6.07, 6.45) is 3.61. The first-order chi connectivity index (χ1) is 15.0. The maximum atomic E-state index is 12.9. The fraction of sp³-hybridized carbons (Fsp3) is 0.217. The zero-order valence-electron chi connectivity index (χ0n) is 17.7. The number of carbonyl (C=O) groups excluding carboxylic acids is 1. The molecule has 31 heavy (non-hydrogen) atoms. The van der Waals surface area contributed by atoms with Crippen molar-refractivity contribution in [2.24, 2.45) is 7.05 Å². The molecule has 1 unspecified atom stereocenters. The second kappa shape index (κ2) is 9.18. The van der Waals surface area contributed by atoms with Crippen molar-refractivity contribution >= 4 is 17.7 Å². The Morgan fingerprint density at radius 1 is 1.10 bits per heavy atom. The van der Waals surface area contributed by atoms with E-state index in [4.69, 9.17) is 0 Å². The lowest BCUT2D eigenvalue weighted by atomic mass is 10.1. The monoisotopic (exact) mass is 432 g/mol. The summed E-state index contributed by atoms with van der Waals surface area (Å²) in [4.78, 5) is 17.3. The molecule has 1 N–H and O–H groups in total. The second-order valence-electron chi connectivity index (χ2n) is 7.30. The number of thioether (sulfide) groups is 1. The lowest BCUT2D eigenvalue weighted by Gasteiger charge is -2.19. The molecule has 7 nitrogen and oxygen atoms in total. The van der Waals surface area contributed by atoms with Gasteiger partial charge in [0.2, 0.25) is 5.91 Å². The number of amides is 1. The van der Waals surface area contributed by atoms with E-state index in [0.717, 1.165) is 28.5 Å². The Morgan fingerprint density at radius 3 is 2.61 bits per heavy atom. The molecule has 0 saturated heterocycles. The number of benzene rings is 2. The zero-order valence-corrected chi connectivity index (χ0v) is 18.5. The van der Waals surface area contributed by atoms with E-state index in [1.165, 1.54) is 11.8 Å². The van der Waals surface area contributed by atoms with Crippen molar-refractivity contribution in [2.75, 3.05) is 5.75 Å². The molecule has 4 aromatic rings. The molecule has 2 aromatic heterocycles. The Morgan fingerprint density at radius 2 is 1.90 bits per heavy atom. The third-order valence-corrected chi connectivity index (χ3v) is 5.87. The van der Waals surface area contributed by atoms with Gasteiger partial charge in [0.05, 0.1) is 5.75 Å². The molecule has 4 rings (SSSR count). The quantitative estimate of drug-likeness (QED) is 0.452. The molecule has 1 atom stereocenters. The van der Waals surface area contributed by atoms with Crippen molar-refractivity contribution in [1.82, 2.24) is 29.6 Å². The summed E-state index contributed by atoms with van der Waals surface area (Å²) in [5.41, 5.74) is 3.12. The van der Waals surface area contributed by atoms with Crippen LogP contribution in [0.2, 0.25) is 0 Å². The smallest absolute Gasteiger partial charge is 0.231 e. The summed E-state index contributed by atoms with van der Waals surface area (Å²) in [7, 11) is 1.92. The largest absolute Gasteiger partial charge is 0.341 e. The lowest BCUT2D eigenvalue weighted by molar-refractivity contribution is -0.119. The average Bonchev–Trinajstić information content (AvgIpc) is 3.36. The molecule has 158 valence electrons. The molecule has 2 aromatic carbocycles. The summed E-state index contributed by atoms with van der Waals surface area (Å²) in [6, 6.07) is 17.7. The first kappa shape index (κ1) is 20.9. The minimum Gasteiger partial charge on any atom is -0.341 e. The van der Waals surface area contributed by atoms with E-state index in [-0.39, 0.29) is 17.7 Å². The normalized spacial score (nSPS) is 12.0. The molecule has 0 fully saturated rings. The number of aryl methyl sites for hydroxylation is 3. The number of rotatable bonds is 7. The van der Waals surface area contributed by atoms with Crippen LogP contribution in [0.15, 0.2) is 72.1 Å². The number of nitrogens with zero attached hydrogens (tertiary/aromatic N) is 5. The zero-order chi connectivity index (χ0) is 21.8. The van der Waals surface area contributed by atoms with Crippen LogP contribution in [0.1, 0.15) is 28.8 Å². The first-order valence-electron chi connectivity index (χ1n) is 9.96. The molecule has 0 saturated carbocycles. The van der Waals surface area contributed by atoms with Gasteiger partial charge in [-0.2, -0.15) is 0 Å². The molecular formula is C23H24N6OS. The number of aromatic nitrogens is 5. The highest BCUT2D eigenvalue weighted by Crippen LogP contribution is 2.24. The number of nitrogens with one attached hydrogen (secondary N) is 1. The van der Waals surface area contributed by atoms with Gasteiger partial charge in [-0.15, -0.1) is 10.2 Å². The van der Waals surface area contributed by atoms with E-state index in [0.29, 0.717) is 5.16 Å². The number of carbonyl (C=O) groups is 1. The van der Waals surface area contributed by atoms with Gasteiger partial charge in [0, 0.05) is 25.1 Å². The standard InChI is InChI=1S/C23H24N6OS/c1-16-8-7-11-19(14-16)29-17(2)26-27-23(29)31-15-20(30)25-21(18-9-5-4-6-10-18)22-24-12-13-28(22)3/h4-14,21H,15H2,1-3H3,(H,25,30). The van der Waals surface area contributed by atoms with Gasteiger partial charge in [0.25, 0.3) is 0 Å². The minimum atomic E-state index is -0.328. The van der Waals surface area contributed by atoms with E-state index in [9.17, 15) is 4.79 Å². The van der Waals surface area contributed by atoms with Gasteiger partial charge < -0.3 is 9.88 Å². The van der Waals surface area contributed by atoms with Crippen LogP contribution in [0.25, 0.3) is 5.69 Å². The maximum Gasteiger partial charge on any atom is 0.231 e. The Kier molecular flexibility index (Phi) is 6.18. The van der Waals surface area contributed by atoms with Crippen LogP contribution in [-0.4, -0.2) is 36.0 Å². The molecule has 0 radical (unpaired) electrons. The third-order valence-electron chi connectivity index (χ3n) is 4.94. The maximum absolute atomic E-state index is 12.9. The van der Waals surface area contributed by atoms with Crippen LogP contribution in [0.5, 0.6) is 0 Å². The fourth-order valence-corrected chi connectivity index (χ4v) is 4.24. The van der Waals surface area contributed by atoms with Gasteiger partial charge in [-0.25, -0.2) is 4.98 Å². The predicted molar refractivity (Wildman–Crippen MR) is 121 cm³/mol. The molecule has 0 aliphatic rings. The number of imidazole rings is 1. The summed E-state index contributed by atoms with van der Waals surface area (Å²) < 4.78 is 3.89. The van der Waals surface area contributed by atoms with Crippen LogP contribution in [0.4, 0.5) is 0 Å². The summed E-state index contributed by atoms with van der Waals surface area (Å²) in [5.74, 6) is 1.68. The highest BCUT2D eigenvalue weighted by Gasteiger charge is 2.21. The van der Waals surface area contributed by atoms with Gasteiger partial charge in [-0.1, -0.05) is 54.2 Å². The van der Waals surface area contributed by atoms with Crippen molar-refractivity contribution in [3.63, 3.8) is 0 Å². The summed E-state index contributed by atoms with van der Waals surface area (Å²) >= 11 is 1.37. The van der Waals surface area contributed by atoms with Gasteiger partial charge in [-0.3, -0.25) is 9.36 Å². The average molecular weight is 433 g/mol. The Hall–Kier alpha value is -3.39. The molecule has 2 heterocycles. The second-order valence-corrected chi connectivity index (χ2v) is 8.24. The van der Waals surface area contributed by atoms with E-state index >= 15 is 0 Å². The molecule has 0 aliphatic heterocycles. The predicted octanol–water partition coefficient (Wildman–Crippen LogP) is 3.62. The van der Waals surface area contributed by atoms with E-state index in [1.54, 1.807) is 6.20 Å². The van der Waals surface area contributed by atoms with Gasteiger partial charge in [0.1, 0.15) is 17.7 Å². The van der Waals surface area contributed by atoms with Crippen molar-refractivity contribution in [3.8, 4) is 5.69 Å². The topological polar surface area (TPSA) is 77.6 Å². The molecular weight excluding hydrogens is 408 g/mol. The molecule has 0 aliphatic carbocycles. The fourth-order valence-electron chi connectivity index (χ4n) is 3.43. The van der Waals surface area contributed by atoms with Crippen molar-refractivity contribution < 1.29 is 4.79 Å². The van der Waals surface area contributed by atoms with E-state index in [2.05, 4.69) is 26.6 Å². The third kappa shape index (κ3) is 4.69. The summed E-state index contributed by atoms with van der Waals surface area (Å²) in [5, 5.41) is 12.3. The van der Waals surface area contributed by atoms with E-state index in [1.807, 2.05) is 84.8 Å². The number of hydrogen-bond donors (Lipinski definition) is 1. The molecule has 0 spiro atoms. The molecule has 0 bridgehead atoms. The highest BCUT2D eigenvalue weighted by molar-refractivity contribution is 7.99. The van der Waals surface area contributed by atoms with Crippen LogP contribution in [0, 0.1) is 13.8 Å². The first-order valence-corrected chi connectivity index (χ1v) is 10.9. The van der Waals surface area contributed by atoms with Gasteiger partial charge >= 0.3 is 0 Å². The van der Waals surface area contributed by atoms with Gasteiger partial charge in [-0.05, 0) is 37.1 Å². The van der Waals surface area contributed by atoms with E-state index < -0.39 is 0 Å². The Bertz CT molecular complexity index is 1180. The number of hydrogen-bond acceptors (Lipinski definition) is 5. The molecule has 8 heteroatoms. The van der Waals surface area contributed by atoms with Crippen molar-refractivity contribution in [3.05, 3.63) is 89.8 Å².